The van der Waals surface area contributed by atoms with Crippen LogP contribution in [0.5, 0.6) is 0 Å². The van der Waals surface area contributed by atoms with E-state index in [1.165, 1.54) is 38.6 Å². The second-order valence-corrected chi connectivity index (χ2v) is 7.16. The number of hydrogen-bond acceptors (Lipinski definition) is 2. The van der Waals surface area contributed by atoms with Crippen molar-refractivity contribution < 1.29 is 0 Å². The largest absolute Gasteiger partial charge is 0.308 e. The predicted molar refractivity (Wildman–Crippen MR) is 78.9 cm³/mol. The minimum absolute atomic E-state index is 0.350. The van der Waals surface area contributed by atoms with Gasteiger partial charge in [-0.3, -0.25) is 4.90 Å². The fourth-order valence-electron chi connectivity index (χ4n) is 3.68. The SMILES string of the molecule is CCCC(C)N1CC(C)(C2CC2)NCC1(C)CC. The number of nitrogens with zero attached hydrogens (tertiary/aromatic N) is 1. The number of rotatable bonds is 5. The first-order valence-electron chi connectivity index (χ1n) is 7.97. The molecule has 2 nitrogen and oxygen atoms in total. The lowest BCUT2D eigenvalue weighted by Crippen LogP contribution is -2.70. The van der Waals surface area contributed by atoms with Gasteiger partial charge in [-0.25, -0.2) is 0 Å². The van der Waals surface area contributed by atoms with E-state index in [1.807, 2.05) is 0 Å². The van der Waals surface area contributed by atoms with Gasteiger partial charge in [0.25, 0.3) is 0 Å². The molecule has 0 bridgehead atoms. The zero-order valence-electron chi connectivity index (χ0n) is 13.1. The van der Waals surface area contributed by atoms with E-state index in [0.29, 0.717) is 11.1 Å². The molecule has 2 heteroatoms. The van der Waals surface area contributed by atoms with Crippen LogP contribution in [0.25, 0.3) is 0 Å². The van der Waals surface area contributed by atoms with Gasteiger partial charge in [0.2, 0.25) is 0 Å². The Morgan fingerprint density at radius 2 is 1.94 bits per heavy atom. The fourth-order valence-corrected chi connectivity index (χ4v) is 3.68. The first-order valence-corrected chi connectivity index (χ1v) is 7.97. The van der Waals surface area contributed by atoms with E-state index >= 15 is 0 Å². The van der Waals surface area contributed by atoms with Gasteiger partial charge in [0, 0.05) is 30.2 Å². The molecule has 1 saturated heterocycles. The van der Waals surface area contributed by atoms with Gasteiger partial charge in [-0.1, -0.05) is 20.3 Å². The third-order valence-electron chi connectivity index (χ3n) is 5.54. The summed E-state index contributed by atoms with van der Waals surface area (Å²) < 4.78 is 0. The Morgan fingerprint density at radius 3 is 2.44 bits per heavy atom. The molecule has 1 aliphatic heterocycles. The molecular weight excluding hydrogens is 220 g/mol. The van der Waals surface area contributed by atoms with Crippen molar-refractivity contribution in [3.63, 3.8) is 0 Å². The van der Waals surface area contributed by atoms with Crippen molar-refractivity contribution in [2.24, 2.45) is 5.92 Å². The van der Waals surface area contributed by atoms with Crippen molar-refractivity contribution in [1.82, 2.24) is 10.2 Å². The minimum atomic E-state index is 0.350. The molecule has 2 aliphatic rings. The van der Waals surface area contributed by atoms with E-state index in [4.69, 9.17) is 0 Å². The summed E-state index contributed by atoms with van der Waals surface area (Å²) in [6.45, 7) is 14.4. The van der Waals surface area contributed by atoms with Crippen molar-refractivity contribution in [2.75, 3.05) is 13.1 Å². The quantitative estimate of drug-likeness (QED) is 0.806. The second-order valence-electron chi connectivity index (χ2n) is 7.16. The van der Waals surface area contributed by atoms with Crippen LogP contribution in [0.15, 0.2) is 0 Å². The second kappa shape index (κ2) is 5.13. The Bertz CT molecular complexity index is 287. The van der Waals surface area contributed by atoms with E-state index in [-0.39, 0.29) is 0 Å². The Kier molecular flexibility index (Phi) is 4.08. The molecule has 106 valence electrons. The van der Waals surface area contributed by atoms with Gasteiger partial charge < -0.3 is 5.32 Å². The summed E-state index contributed by atoms with van der Waals surface area (Å²) >= 11 is 0. The molecular formula is C16H32N2. The zero-order chi connectivity index (χ0) is 13.4. The molecule has 1 heterocycles. The highest BCUT2D eigenvalue weighted by Gasteiger charge is 2.49. The summed E-state index contributed by atoms with van der Waals surface area (Å²) in [6.07, 6.45) is 6.74. The third-order valence-corrected chi connectivity index (χ3v) is 5.54. The summed E-state index contributed by atoms with van der Waals surface area (Å²) in [7, 11) is 0. The summed E-state index contributed by atoms with van der Waals surface area (Å²) in [4.78, 5) is 2.81. The Hall–Kier alpha value is -0.0800. The summed E-state index contributed by atoms with van der Waals surface area (Å²) in [5, 5.41) is 3.88. The third kappa shape index (κ3) is 2.60. The molecule has 2 fully saturated rings. The average Bonchev–Trinajstić information content (AvgIpc) is 3.17. The van der Waals surface area contributed by atoms with Gasteiger partial charge in [0.15, 0.2) is 0 Å². The fraction of sp³-hybridized carbons (Fsp3) is 1.00. The number of nitrogens with one attached hydrogen (secondary N) is 1. The highest BCUT2D eigenvalue weighted by molar-refractivity contribution is 5.08. The van der Waals surface area contributed by atoms with Gasteiger partial charge >= 0.3 is 0 Å². The molecule has 1 saturated carbocycles. The normalized spacial score (nSPS) is 39.8. The lowest BCUT2D eigenvalue weighted by molar-refractivity contribution is -0.0190. The van der Waals surface area contributed by atoms with E-state index in [0.717, 1.165) is 18.5 Å². The topological polar surface area (TPSA) is 15.3 Å². The molecule has 1 aliphatic carbocycles. The van der Waals surface area contributed by atoms with Crippen LogP contribution < -0.4 is 5.32 Å². The van der Waals surface area contributed by atoms with E-state index in [1.54, 1.807) is 0 Å². The highest BCUT2D eigenvalue weighted by atomic mass is 15.3. The van der Waals surface area contributed by atoms with Gasteiger partial charge in [0.05, 0.1) is 0 Å². The van der Waals surface area contributed by atoms with Gasteiger partial charge in [-0.2, -0.15) is 0 Å². The van der Waals surface area contributed by atoms with Crippen LogP contribution in [0.4, 0.5) is 0 Å². The average molecular weight is 252 g/mol. The van der Waals surface area contributed by atoms with Crippen LogP contribution in [0, 0.1) is 5.92 Å². The van der Waals surface area contributed by atoms with Crippen LogP contribution in [0.1, 0.15) is 66.7 Å². The van der Waals surface area contributed by atoms with Crippen molar-refractivity contribution in [1.29, 1.82) is 0 Å². The first-order chi connectivity index (χ1) is 8.45. The maximum absolute atomic E-state index is 3.88. The molecule has 3 atom stereocenters. The first kappa shape index (κ1) is 14.3. The number of piperazine rings is 1. The van der Waals surface area contributed by atoms with Crippen molar-refractivity contribution in [2.45, 2.75) is 83.8 Å². The Labute approximate surface area is 114 Å². The van der Waals surface area contributed by atoms with Crippen molar-refractivity contribution >= 4 is 0 Å². The molecule has 0 spiro atoms. The van der Waals surface area contributed by atoms with Gasteiger partial charge in [0.1, 0.15) is 0 Å². The standard InChI is InChI=1S/C16H32N2/c1-6-8-13(3)18-12-16(5,14-9-10-14)17-11-15(18,4)7-2/h13-14,17H,6-12H2,1-5H3. The summed E-state index contributed by atoms with van der Waals surface area (Å²) in [5.74, 6) is 0.926. The molecule has 3 unspecified atom stereocenters. The van der Waals surface area contributed by atoms with E-state index < -0.39 is 0 Å². The van der Waals surface area contributed by atoms with E-state index in [2.05, 4.69) is 44.8 Å². The predicted octanol–water partition coefficient (Wildman–Crippen LogP) is 3.42. The molecule has 0 radical (unpaired) electrons. The van der Waals surface area contributed by atoms with Gasteiger partial charge in [-0.15, -0.1) is 0 Å². The lowest BCUT2D eigenvalue weighted by atomic mass is 9.83. The van der Waals surface area contributed by atoms with Crippen LogP contribution >= 0.6 is 0 Å². The van der Waals surface area contributed by atoms with Crippen molar-refractivity contribution in [3.8, 4) is 0 Å². The highest BCUT2D eigenvalue weighted by Crippen LogP contribution is 2.43. The molecule has 2 rings (SSSR count). The van der Waals surface area contributed by atoms with Crippen LogP contribution in [-0.2, 0) is 0 Å². The molecule has 0 aromatic rings. The Morgan fingerprint density at radius 1 is 1.28 bits per heavy atom. The smallest absolute Gasteiger partial charge is 0.0309 e. The molecule has 18 heavy (non-hydrogen) atoms. The van der Waals surface area contributed by atoms with Crippen LogP contribution in [0.2, 0.25) is 0 Å². The van der Waals surface area contributed by atoms with E-state index in [9.17, 15) is 0 Å². The summed E-state index contributed by atoms with van der Waals surface area (Å²) in [5.41, 5.74) is 0.722. The minimum Gasteiger partial charge on any atom is -0.308 e. The number of hydrogen-bond donors (Lipinski definition) is 1. The maximum atomic E-state index is 3.88. The van der Waals surface area contributed by atoms with Crippen LogP contribution in [0.3, 0.4) is 0 Å². The van der Waals surface area contributed by atoms with Gasteiger partial charge in [-0.05, 0) is 52.4 Å². The molecule has 0 aromatic carbocycles. The van der Waals surface area contributed by atoms with Crippen LogP contribution in [-0.4, -0.2) is 35.1 Å². The monoisotopic (exact) mass is 252 g/mol. The molecule has 0 amide bonds. The van der Waals surface area contributed by atoms with Crippen molar-refractivity contribution in [3.05, 3.63) is 0 Å². The summed E-state index contributed by atoms with van der Waals surface area (Å²) in [6, 6.07) is 0.722. The molecule has 0 aromatic heterocycles. The Balaban J connectivity index is 2.12. The lowest BCUT2D eigenvalue weighted by Gasteiger charge is -2.55. The molecule has 1 N–H and O–H groups in total. The zero-order valence-corrected chi connectivity index (χ0v) is 13.1. The maximum Gasteiger partial charge on any atom is 0.0309 e.